The number of carbonyl (C=O) groups is 1. The van der Waals surface area contributed by atoms with Crippen molar-refractivity contribution in [1.82, 2.24) is 5.32 Å². The van der Waals surface area contributed by atoms with E-state index in [0.717, 1.165) is 12.8 Å². The molecule has 14 heavy (non-hydrogen) atoms. The Hall–Kier alpha value is -0.770. The molecule has 0 aliphatic heterocycles. The summed E-state index contributed by atoms with van der Waals surface area (Å²) in [6.45, 7) is 6.65. The van der Waals surface area contributed by atoms with Crippen molar-refractivity contribution in [2.24, 2.45) is 5.41 Å². The largest absolute Gasteiger partial charge is 0.449 e. The number of carbonyl (C=O) groups excluding carboxylic acids is 1. The fourth-order valence-corrected chi connectivity index (χ4v) is 1.24. The normalized spacial score (nSPS) is 14.6. The van der Waals surface area contributed by atoms with Crippen molar-refractivity contribution >= 4 is 6.09 Å². The smallest absolute Gasteiger partial charge is 0.407 e. The summed E-state index contributed by atoms with van der Waals surface area (Å²) < 4.78 is 4.98. The summed E-state index contributed by atoms with van der Waals surface area (Å²) in [4.78, 5) is 11.0. The third kappa shape index (κ3) is 5.07. The Kier molecular flexibility index (Phi) is 6.28. The number of nitrogens with one attached hydrogen (secondary N) is 1. The van der Waals surface area contributed by atoms with Crippen LogP contribution in [-0.2, 0) is 4.74 Å². The Morgan fingerprint density at radius 1 is 1.50 bits per heavy atom. The number of hydrogen-bond acceptors (Lipinski definition) is 3. The van der Waals surface area contributed by atoms with E-state index in [2.05, 4.69) is 5.32 Å². The average Bonchev–Trinajstić information content (AvgIpc) is 2.16. The number of aliphatic hydroxyl groups excluding tert-OH is 1. The summed E-state index contributed by atoms with van der Waals surface area (Å²) in [5.74, 6) is 0. The van der Waals surface area contributed by atoms with E-state index in [9.17, 15) is 4.79 Å². The van der Waals surface area contributed by atoms with Crippen molar-refractivity contribution in [1.29, 1.82) is 0 Å². The van der Waals surface area contributed by atoms with Gasteiger partial charge in [-0.15, -0.1) is 0 Å². The topological polar surface area (TPSA) is 58.6 Å². The van der Waals surface area contributed by atoms with Gasteiger partial charge in [0.1, 0.15) is 6.61 Å². The lowest BCUT2D eigenvalue weighted by molar-refractivity contribution is 0.0436. The molecule has 0 aromatic carbocycles. The lowest BCUT2D eigenvalue weighted by Gasteiger charge is -2.25. The van der Waals surface area contributed by atoms with Crippen molar-refractivity contribution in [2.45, 2.75) is 33.6 Å². The van der Waals surface area contributed by atoms with Crippen LogP contribution in [0.4, 0.5) is 4.79 Å². The van der Waals surface area contributed by atoms with Crippen LogP contribution in [0.3, 0.4) is 0 Å². The third-order valence-corrected chi connectivity index (χ3v) is 2.11. The van der Waals surface area contributed by atoms with Gasteiger partial charge in [0.15, 0.2) is 0 Å². The van der Waals surface area contributed by atoms with E-state index in [0.29, 0.717) is 6.54 Å². The van der Waals surface area contributed by atoms with Crippen LogP contribution in [0.15, 0.2) is 0 Å². The molecular weight excluding hydrogens is 182 g/mol. The number of amides is 1. The second kappa shape index (κ2) is 6.65. The summed E-state index contributed by atoms with van der Waals surface area (Å²) >= 11 is 0. The minimum absolute atomic E-state index is 0.0419. The first-order chi connectivity index (χ1) is 6.58. The molecule has 0 aliphatic rings. The molecule has 2 N–H and O–H groups in total. The Bertz CT molecular complexity index is 173. The molecule has 0 aromatic heterocycles. The predicted octanol–water partition coefficient (Wildman–Crippen LogP) is 1.53. The van der Waals surface area contributed by atoms with E-state index >= 15 is 0 Å². The monoisotopic (exact) mass is 203 g/mol. The van der Waals surface area contributed by atoms with Crippen molar-refractivity contribution in [3.63, 3.8) is 0 Å². The number of ether oxygens (including phenoxy) is 1. The highest BCUT2D eigenvalue weighted by Gasteiger charge is 2.24. The van der Waals surface area contributed by atoms with E-state index in [1.54, 1.807) is 0 Å². The lowest BCUT2D eigenvalue weighted by Crippen LogP contribution is -2.32. The predicted molar refractivity (Wildman–Crippen MR) is 55.1 cm³/mol. The molecular formula is C10H21NO3. The van der Waals surface area contributed by atoms with E-state index in [1.165, 1.54) is 0 Å². The zero-order valence-electron chi connectivity index (χ0n) is 9.30. The third-order valence-electron chi connectivity index (χ3n) is 2.11. The molecule has 0 spiro atoms. The standard InChI is InChI=1S/C10H21NO3/c1-4-6-10(3,7-12)8-14-9(13)11-5-2/h12H,4-8H2,1-3H3,(H,11,13). The Balaban J connectivity index is 3.87. The van der Waals surface area contributed by atoms with Gasteiger partial charge in [0.05, 0.1) is 6.61 Å². The summed E-state index contributed by atoms with van der Waals surface area (Å²) in [6, 6.07) is 0. The van der Waals surface area contributed by atoms with Crippen LogP contribution < -0.4 is 5.32 Å². The maximum absolute atomic E-state index is 11.0. The average molecular weight is 203 g/mol. The maximum atomic E-state index is 11.0. The van der Waals surface area contributed by atoms with Crippen molar-refractivity contribution in [3.05, 3.63) is 0 Å². The van der Waals surface area contributed by atoms with Gasteiger partial charge in [0, 0.05) is 12.0 Å². The SMILES string of the molecule is CCCC(C)(CO)COC(=O)NCC. The molecule has 0 radical (unpaired) electrons. The zero-order valence-corrected chi connectivity index (χ0v) is 9.30. The lowest BCUT2D eigenvalue weighted by atomic mass is 9.88. The van der Waals surface area contributed by atoms with Gasteiger partial charge < -0.3 is 15.2 Å². The number of rotatable bonds is 6. The van der Waals surface area contributed by atoms with Crippen LogP contribution in [0.2, 0.25) is 0 Å². The molecule has 0 bridgehead atoms. The minimum Gasteiger partial charge on any atom is -0.449 e. The quantitative estimate of drug-likeness (QED) is 0.688. The maximum Gasteiger partial charge on any atom is 0.407 e. The Morgan fingerprint density at radius 2 is 2.14 bits per heavy atom. The van der Waals surface area contributed by atoms with E-state index in [-0.39, 0.29) is 18.6 Å². The molecule has 1 amide bonds. The highest BCUT2D eigenvalue weighted by atomic mass is 16.5. The van der Waals surface area contributed by atoms with Gasteiger partial charge in [-0.25, -0.2) is 4.79 Å². The van der Waals surface area contributed by atoms with Gasteiger partial charge in [-0.05, 0) is 13.3 Å². The fraction of sp³-hybridized carbons (Fsp3) is 0.900. The van der Waals surface area contributed by atoms with E-state index in [4.69, 9.17) is 9.84 Å². The molecule has 4 nitrogen and oxygen atoms in total. The van der Waals surface area contributed by atoms with Crippen LogP contribution in [0.5, 0.6) is 0 Å². The number of aliphatic hydroxyl groups is 1. The molecule has 0 rings (SSSR count). The van der Waals surface area contributed by atoms with Crippen LogP contribution in [-0.4, -0.2) is 31.0 Å². The van der Waals surface area contributed by atoms with Crippen LogP contribution >= 0.6 is 0 Å². The van der Waals surface area contributed by atoms with Crippen LogP contribution in [0, 0.1) is 5.41 Å². The molecule has 1 unspecified atom stereocenters. The van der Waals surface area contributed by atoms with E-state index < -0.39 is 6.09 Å². The van der Waals surface area contributed by atoms with Crippen molar-refractivity contribution < 1.29 is 14.6 Å². The molecule has 0 heterocycles. The first-order valence-electron chi connectivity index (χ1n) is 5.09. The highest BCUT2D eigenvalue weighted by molar-refractivity contribution is 5.66. The molecule has 4 heteroatoms. The van der Waals surface area contributed by atoms with Crippen LogP contribution in [0.25, 0.3) is 0 Å². The van der Waals surface area contributed by atoms with Gasteiger partial charge in [0.25, 0.3) is 0 Å². The van der Waals surface area contributed by atoms with Gasteiger partial charge in [-0.1, -0.05) is 20.3 Å². The second-order valence-electron chi connectivity index (χ2n) is 3.83. The second-order valence-corrected chi connectivity index (χ2v) is 3.83. The summed E-state index contributed by atoms with van der Waals surface area (Å²) in [6.07, 6.45) is 1.40. The molecule has 1 atom stereocenters. The minimum atomic E-state index is -0.414. The Morgan fingerprint density at radius 3 is 2.57 bits per heavy atom. The Labute approximate surface area is 85.6 Å². The first kappa shape index (κ1) is 13.2. The summed E-state index contributed by atoms with van der Waals surface area (Å²) in [5.41, 5.74) is -0.306. The number of hydrogen-bond donors (Lipinski definition) is 2. The molecule has 0 fully saturated rings. The molecule has 84 valence electrons. The van der Waals surface area contributed by atoms with Crippen molar-refractivity contribution in [2.75, 3.05) is 19.8 Å². The summed E-state index contributed by atoms with van der Waals surface area (Å²) in [7, 11) is 0. The van der Waals surface area contributed by atoms with Gasteiger partial charge >= 0.3 is 6.09 Å². The number of alkyl carbamates (subject to hydrolysis) is 1. The summed E-state index contributed by atoms with van der Waals surface area (Å²) in [5, 5.41) is 11.7. The van der Waals surface area contributed by atoms with Gasteiger partial charge in [-0.3, -0.25) is 0 Å². The van der Waals surface area contributed by atoms with Gasteiger partial charge in [0.2, 0.25) is 0 Å². The first-order valence-corrected chi connectivity index (χ1v) is 5.09. The fourth-order valence-electron chi connectivity index (χ4n) is 1.24. The van der Waals surface area contributed by atoms with E-state index in [1.807, 2.05) is 20.8 Å². The zero-order chi connectivity index (χ0) is 11.0. The highest BCUT2D eigenvalue weighted by Crippen LogP contribution is 2.22. The van der Waals surface area contributed by atoms with Gasteiger partial charge in [-0.2, -0.15) is 0 Å². The van der Waals surface area contributed by atoms with Crippen molar-refractivity contribution in [3.8, 4) is 0 Å². The van der Waals surface area contributed by atoms with Crippen LogP contribution in [0.1, 0.15) is 33.6 Å². The molecule has 0 saturated heterocycles. The molecule has 0 saturated carbocycles. The molecule has 0 aliphatic carbocycles. The molecule has 0 aromatic rings.